The molecule has 0 aliphatic rings. The van der Waals surface area contributed by atoms with Crippen LogP contribution in [0.15, 0.2) is 65.5 Å². The number of carboxylic acids is 2. The van der Waals surface area contributed by atoms with Gasteiger partial charge in [0.05, 0.1) is 11.4 Å². The van der Waals surface area contributed by atoms with Gasteiger partial charge in [0.2, 0.25) is 0 Å². The Morgan fingerprint density at radius 1 is 0.909 bits per heavy atom. The molecule has 0 radical (unpaired) electrons. The molecule has 0 saturated heterocycles. The number of nitrogens with zero attached hydrogens (tertiary/aromatic N) is 3. The quantitative estimate of drug-likeness (QED) is 0.341. The second-order valence-electron chi connectivity index (χ2n) is 6.37. The largest absolute Gasteiger partial charge is 0.480 e. The van der Waals surface area contributed by atoms with Crippen LogP contribution in [0.2, 0.25) is 8.93 Å². The fourth-order valence-electron chi connectivity index (χ4n) is 2.81. The van der Waals surface area contributed by atoms with E-state index < -0.39 is 23.5 Å². The van der Waals surface area contributed by atoms with Crippen molar-refractivity contribution in [1.29, 1.82) is 0 Å². The molecule has 0 amide bonds. The zero-order valence-corrected chi connectivity index (χ0v) is 19.6. The smallest absolute Gasteiger partial charge is 0.354 e. The molecule has 4 aromatic rings. The van der Waals surface area contributed by atoms with Crippen LogP contribution in [0.25, 0.3) is 0 Å². The van der Waals surface area contributed by atoms with E-state index in [1.54, 1.807) is 35.7 Å². The van der Waals surface area contributed by atoms with Gasteiger partial charge in [0, 0.05) is 17.0 Å². The molecule has 4 rings (SSSR count). The summed E-state index contributed by atoms with van der Waals surface area (Å²) in [5, 5.41) is 21.2. The molecule has 3 heterocycles. The number of hydrogen-bond donors (Lipinski definition) is 2. The van der Waals surface area contributed by atoms with Crippen LogP contribution in [0, 0.1) is 0 Å². The summed E-state index contributed by atoms with van der Waals surface area (Å²) in [4.78, 5) is 33.8. The van der Waals surface area contributed by atoms with Crippen LogP contribution in [0.3, 0.4) is 0 Å². The Kier molecular flexibility index (Phi) is 8.09. The third-order valence-corrected chi connectivity index (χ3v) is 6.29. The summed E-state index contributed by atoms with van der Waals surface area (Å²) in [7, 11) is 0. The van der Waals surface area contributed by atoms with E-state index in [0.29, 0.717) is 15.7 Å². The third kappa shape index (κ3) is 5.72. The summed E-state index contributed by atoms with van der Waals surface area (Å²) in [6.45, 7) is 0. The van der Waals surface area contributed by atoms with Crippen molar-refractivity contribution in [1.82, 2.24) is 15.0 Å². The van der Waals surface area contributed by atoms with E-state index in [9.17, 15) is 19.1 Å². The minimum Gasteiger partial charge on any atom is -0.480 e. The van der Waals surface area contributed by atoms with Gasteiger partial charge in [0.1, 0.15) is 11.6 Å². The lowest BCUT2D eigenvalue weighted by atomic mass is 9.97. The van der Waals surface area contributed by atoms with Crippen LogP contribution in [0.4, 0.5) is 4.39 Å². The Labute approximate surface area is 205 Å². The molecule has 0 aliphatic heterocycles. The van der Waals surface area contributed by atoms with Gasteiger partial charge < -0.3 is 10.2 Å². The number of halogens is 3. The molecule has 0 spiro atoms. The lowest BCUT2D eigenvalue weighted by Gasteiger charge is -2.17. The van der Waals surface area contributed by atoms with Crippen LogP contribution in [-0.2, 0) is 15.3 Å². The van der Waals surface area contributed by atoms with Gasteiger partial charge in [-0.15, -0.1) is 22.7 Å². The standard InChI is InChI=1S/C11H8ClNO2S.C10H6ClFN2O2S/c12-11-13-8(6-16-11)9(10(14)15)7-4-2-1-3-5-7;11-9-14-7(5-17-9)10(12,8(15)16)6-3-1-2-4-13-6/h1-6,9H,(H,14,15);1-5H,(H,15,16). The molecular weight excluding hydrogens is 512 g/mol. The lowest BCUT2D eigenvalue weighted by molar-refractivity contribution is -0.149. The normalized spacial score (nSPS) is 13.3. The van der Waals surface area contributed by atoms with Crippen molar-refractivity contribution in [2.75, 3.05) is 0 Å². The SMILES string of the molecule is O=C(O)C(F)(c1ccccn1)c1csc(Cl)n1.O=C(O)C(c1ccccc1)c1csc(Cl)n1. The molecule has 12 heteroatoms. The van der Waals surface area contributed by atoms with Crippen LogP contribution < -0.4 is 0 Å². The van der Waals surface area contributed by atoms with E-state index in [4.69, 9.17) is 28.3 Å². The first-order valence-corrected chi connectivity index (χ1v) is 11.6. The van der Waals surface area contributed by atoms with E-state index in [0.717, 1.165) is 11.3 Å². The summed E-state index contributed by atoms with van der Waals surface area (Å²) >= 11 is 13.5. The number of aliphatic carboxylic acids is 2. The number of alkyl halides is 1. The van der Waals surface area contributed by atoms with Gasteiger partial charge in [-0.1, -0.05) is 59.6 Å². The number of carboxylic acid groups (broad SMARTS) is 2. The Morgan fingerprint density at radius 2 is 1.55 bits per heavy atom. The maximum absolute atomic E-state index is 14.6. The van der Waals surface area contributed by atoms with E-state index in [1.165, 1.54) is 35.0 Å². The molecule has 0 fully saturated rings. The number of benzene rings is 1. The fraction of sp³-hybridized carbons (Fsp3) is 0.0952. The Morgan fingerprint density at radius 3 is 2.03 bits per heavy atom. The summed E-state index contributed by atoms with van der Waals surface area (Å²) in [6.07, 6.45) is 1.32. The molecule has 2 N–H and O–H groups in total. The number of pyridine rings is 1. The zero-order valence-electron chi connectivity index (χ0n) is 16.4. The van der Waals surface area contributed by atoms with Crippen LogP contribution in [-0.4, -0.2) is 37.1 Å². The van der Waals surface area contributed by atoms with Crippen molar-refractivity contribution in [3.05, 3.63) is 97.1 Å². The molecule has 0 bridgehead atoms. The minimum absolute atomic E-state index is 0.0826. The topological polar surface area (TPSA) is 113 Å². The Balaban J connectivity index is 0.000000186. The van der Waals surface area contributed by atoms with Gasteiger partial charge in [0.15, 0.2) is 8.93 Å². The molecule has 33 heavy (non-hydrogen) atoms. The molecule has 2 atom stereocenters. The predicted molar refractivity (Wildman–Crippen MR) is 124 cm³/mol. The molecular formula is C21H14Cl2FN3O4S2. The molecule has 3 aromatic heterocycles. The third-order valence-electron chi connectivity index (χ3n) is 4.31. The average Bonchev–Trinajstić information content (AvgIpc) is 3.43. The van der Waals surface area contributed by atoms with Crippen molar-refractivity contribution in [2.24, 2.45) is 0 Å². The molecule has 2 unspecified atom stereocenters. The van der Waals surface area contributed by atoms with E-state index in [-0.39, 0.29) is 15.9 Å². The van der Waals surface area contributed by atoms with Gasteiger partial charge in [0.25, 0.3) is 5.67 Å². The maximum atomic E-state index is 14.6. The van der Waals surface area contributed by atoms with Gasteiger partial charge in [-0.3, -0.25) is 9.78 Å². The second-order valence-corrected chi connectivity index (χ2v) is 9.25. The highest BCUT2D eigenvalue weighted by atomic mass is 35.5. The Bertz CT molecular complexity index is 1240. The first kappa shape index (κ1) is 24.7. The summed E-state index contributed by atoms with van der Waals surface area (Å²) in [6, 6.07) is 13.4. The minimum atomic E-state index is -2.77. The Hall–Kier alpha value is -2.92. The number of thiazole rings is 2. The van der Waals surface area contributed by atoms with Crippen molar-refractivity contribution in [2.45, 2.75) is 11.6 Å². The van der Waals surface area contributed by atoms with E-state index in [2.05, 4.69) is 15.0 Å². The molecule has 7 nitrogen and oxygen atoms in total. The highest BCUT2D eigenvalue weighted by molar-refractivity contribution is 7.14. The number of aromatic nitrogens is 3. The first-order valence-electron chi connectivity index (χ1n) is 9.07. The maximum Gasteiger partial charge on any atom is 0.354 e. The fourth-order valence-corrected chi connectivity index (χ4v) is 4.40. The van der Waals surface area contributed by atoms with E-state index >= 15 is 0 Å². The second kappa shape index (κ2) is 10.8. The lowest BCUT2D eigenvalue weighted by Crippen LogP contribution is -2.33. The van der Waals surface area contributed by atoms with Gasteiger partial charge in [-0.05, 0) is 17.7 Å². The number of hydrogen-bond acceptors (Lipinski definition) is 7. The van der Waals surface area contributed by atoms with Gasteiger partial charge in [-0.2, -0.15) is 0 Å². The van der Waals surface area contributed by atoms with E-state index in [1.807, 2.05) is 6.07 Å². The summed E-state index contributed by atoms with van der Waals surface area (Å²) in [5.41, 5.74) is -2.08. The highest BCUT2D eigenvalue weighted by Gasteiger charge is 2.46. The summed E-state index contributed by atoms with van der Waals surface area (Å²) in [5.74, 6) is -3.34. The monoisotopic (exact) mass is 525 g/mol. The average molecular weight is 526 g/mol. The molecule has 0 saturated carbocycles. The summed E-state index contributed by atoms with van der Waals surface area (Å²) < 4.78 is 15.1. The van der Waals surface area contributed by atoms with Gasteiger partial charge >= 0.3 is 11.9 Å². The van der Waals surface area contributed by atoms with Crippen molar-refractivity contribution < 1.29 is 24.2 Å². The highest BCUT2D eigenvalue weighted by Crippen LogP contribution is 2.34. The van der Waals surface area contributed by atoms with Crippen LogP contribution in [0.1, 0.15) is 28.6 Å². The molecule has 1 aromatic carbocycles. The molecule has 170 valence electrons. The van der Waals surface area contributed by atoms with Crippen molar-refractivity contribution >= 4 is 57.8 Å². The molecule has 0 aliphatic carbocycles. The predicted octanol–water partition coefficient (Wildman–Crippen LogP) is 5.50. The van der Waals surface area contributed by atoms with Crippen molar-refractivity contribution in [3.8, 4) is 0 Å². The zero-order chi connectivity index (χ0) is 24.0. The van der Waals surface area contributed by atoms with Gasteiger partial charge in [-0.25, -0.2) is 19.2 Å². The number of rotatable bonds is 6. The van der Waals surface area contributed by atoms with Crippen molar-refractivity contribution in [3.63, 3.8) is 0 Å². The van der Waals surface area contributed by atoms with Crippen LogP contribution >= 0.6 is 45.9 Å². The van der Waals surface area contributed by atoms with Crippen LogP contribution in [0.5, 0.6) is 0 Å². The first-order chi connectivity index (χ1) is 15.7. The number of carbonyl (C=O) groups is 2.